The monoisotopic (exact) mass is 222 g/mol. The molecule has 0 spiro atoms. The highest BCUT2D eigenvalue weighted by Crippen LogP contribution is 2.43. The molecular weight excluding hydrogens is 203 g/mol. The van der Waals surface area contributed by atoms with Gasteiger partial charge in [0.2, 0.25) is 7.37 Å². The molecule has 0 aliphatic rings. The molecule has 1 unspecified atom stereocenters. The lowest BCUT2D eigenvalue weighted by Gasteiger charge is -2.14. The number of ether oxygens (including phenoxy) is 1. The molecule has 0 N–H and O–H groups in total. The zero-order valence-electron chi connectivity index (χ0n) is 9.28. The van der Waals surface area contributed by atoms with E-state index in [0.29, 0.717) is 12.5 Å². The average molecular weight is 222 g/mol. The highest BCUT2D eigenvalue weighted by molar-refractivity contribution is 7.58. The molecule has 0 aliphatic heterocycles. The molecule has 1 atom stereocenters. The third kappa shape index (κ3) is 7.10. The van der Waals surface area contributed by atoms with Crippen LogP contribution in [0, 0.1) is 5.92 Å². The van der Waals surface area contributed by atoms with E-state index in [2.05, 4.69) is 4.74 Å². The first-order valence-electron chi connectivity index (χ1n) is 4.65. The van der Waals surface area contributed by atoms with Gasteiger partial charge in [0.05, 0.1) is 20.1 Å². The van der Waals surface area contributed by atoms with Crippen molar-refractivity contribution in [2.45, 2.75) is 20.3 Å². The van der Waals surface area contributed by atoms with Gasteiger partial charge in [0.25, 0.3) is 0 Å². The Hall–Kier alpha value is -0.340. The fraction of sp³-hybridized carbons (Fsp3) is 0.889. The molecule has 0 saturated heterocycles. The molecule has 0 radical (unpaired) electrons. The molecule has 0 fully saturated rings. The van der Waals surface area contributed by atoms with Crippen molar-refractivity contribution in [3.8, 4) is 0 Å². The molecule has 4 nitrogen and oxygen atoms in total. The molecule has 0 aromatic heterocycles. The molecule has 0 aliphatic carbocycles. The second-order valence-corrected chi connectivity index (χ2v) is 6.49. The van der Waals surface area contributed by atoms with Gasteiger partial charge in [0.1, 0.15) is 0 Å². The molecule has 0 aromatic carbocycles. The predicted molar refractivity (Wildman–Crippen MR) is 55.8 cm³/mol. The third-order valence-corrected chi connectivity index (χ3v) is 3.36. The van der Waals surface area contributed by atoms with Crippen molar-refractivity contribution < 1.29 is 18.6 Å². The Kier molecular flexibility index (Phi) is 6.05. The maximum atomic E-state index is 11.7. The Balaban J connectivity index is 3.83. The first-order chi connectivity index (χ1) is 6.37. The summed E-state index contributed by atoms with van der Waals surface area (Å²) in [5.74, 6) is 0.00150. The van der Waals surface area contributed by atoms with E-state index in [1.165, 1.54) is 7.11 Å². The van der Waals surface area contributed by atoms with Gasteiger partial charge in [-0.3, -0.25) is 9.36 Å². The van der Waals surface area contributed by atoms with Crippen LogP contribution >= 0.6 is 7.37 Å². The van der Waals surface area contributed by atoms with Gasteiger partial charge in [-0.15, -0.1) is 0 Å². The van der Waals surface area contributed by atoms with E-state index in [0.717, 1.165) is 0 Å². The van der Waals surface area contributed by atoms with Crippen molar-refractivity contribution in [2.75, 3.05) is 26.5 Å². The summed E-state index contributed by atoms with van der Waals surface area (Å²) in [6.45, 7) is 5.99. The summed E-state index contributed by atoms with van der Waals surface area (Å²) in [6.07, 6.45) is 0.411. The SMILES string of the molecule is COC(=O)CCP(C)(=O)OCC(C)C. The summed E-state index contributed by atoms with van der Waals surface area (Å²) in [5, 5.41) is 0. The van der Waals surface area contributed by atoms with Crippen molar-refractivity contribution >= 4 is 13.3 Å². The normalized spacial score (nSPS) is 15.2. The number of methoxy groups -OCH3 is 1. The zero-order valence-corrected chi connectivity index (χ0v) is 10.2. The van der Waals surface area contributed by atoms with Crippen LogP contribution < -0.4 is 0 Å². The van der Waals surface area contributed by atoms with Crippen molar-refractivity contribution in [2.24, 2.45) is 5.92 Å². The Labute approximate surface area is 85.4 Å². The van der Waals surface area contributed by atoms with E-state index in [9.17, 15) is 9.36 Å². The smallest absolute Gasteiger partial charge is 0.306 e. The van der Waals surface area contributed by atoms with E-state index in [1.54, 1.807) is 6.66 Å². The van der Waals surface area contributed by atoms with Crippen LogP contribution in [-0.4, -0.2) is 32.5 Å². The molecule has 0 aromatic rings. The highest BCUT2D eigenvalue weighted by atomic mass is 31.2. The fourth-order valence-corrected chi connectivity index (χ4v) is 2.10. The average Bonchev–Trinajstić information content (AvgIpc) is 2.11. The van der Waals surface area contributed by atoms with Crippen molar-refractivity contribution in [1.29, 1.82) is 0 Å². The summed E-state index contributed by atoms with van der Waals surface area (Å²) in [4.78, 5) is 10.8. The van der Waals surface area contributed by atoms with Crippen LogP contribution in [0.1, 0.15) is 20.3 Å². The second kappa shape index (κ2) is 6.20. The fourth-order valence-electron chi connectivity index (χ4n) is 0.768. The standard InChI is InChI=1S/C9H19O4P/c1-8(2)7-13-14(4,11)6-5-9(10)12-3/h8H,5-7H2,1-4H3. The van der Waals surface area contributed by atoms with E-state index in [4.69, 9.17) is 4.52 Å². The molecule has 0 rings (SSSR count). The molecule has 14 heavy (non-hydrogen) atoms. The molecule has 0 bridgehead atoms. The van der Waals surface area contributed by atoms with Gasteiger partial charge in [0.15, 0.2) is 0 Å². The minimum Gasteiger partial charge on any atom is -0.469 e. The number of esters is 1. The van der Waals surface area contributed by atoms with Gasteiger partial charge in [0, 0.05) is 12.8 Å². The van der Waals surface area contributed by atoms with E-state index in [-0.39, 0.29) is 18.6 Å². The van der Waals surface area contributed by atoms with Crippen molar-refractivity contribution in [3.63, 3.8) is 0 Å². The van der Waals surface area contributed by atoms with Gasteiger partial charge >= 0.3 is 5.97 Å². The number of carbonyl (C=O) groups is 1. The van der Waals surface area contributed by atoms with E-state index < -0.39 is 7.37 Å². The number of rotatable bonds is 6. The van der Waals surface area contributed by atoms with Gasteiger partial charge in [-0.1, -0.05) is 13.8 Å². The zero-order chi connectivity index (χ0) is 11.2. The molecule has 0 amide bonds. The van der Waals surface area contributed by atoms with E-state index in [1.807, 2.05) is 13.8 Å². The van der Waals surface area contributed by atoms with Crippen LogP contribution in [0.3, 0.4) is 0 Å². The lowest BCUT2D eigenvalue weighted by atomic mass is 10.2. The Morgan fingerprint density at radius 3 is 2.43 bits per heavy atom. The third-order valence-electron chi connectivity index (χ3n) is 1.63. The lowest BCUT2D eigenvalue weighted by molar-refractivity contribution is -0.140. The lowest BCUT2D eigenvalue weighted by Crippen LogP contribution is -2.06. The van der Waals surface area contributed by atoms with Gasteiger partial charge in [-0.2, -0.15) is 0 Å². The van der Waals surface area contributed by atoms with Crippen molar-refractivity contribution in [1.82, 2.24) is 0 Å². The second-order valence-electron chi connectivity index (χ2n) is 3.75. The first kappa shape index (κ1) is 13.7. The Morgan fingerprint density at radius 2 is 2.00 bits per heavy atom. The summed E-state index contributed by atoms with van der Waals surface area (Å²) in [7, 11) is -1.30. The van der Waals surface area contributed by atoms with Gasteiger partial charge in [-0.25, -0.2) is 0 Å². The summed E-state index contributed by atoms with van der Waals surface area (Å²) >= 11 is 0. The molecule has 0 heterocycles. The predicted octanol–water partition coefficient (Wildman–Crippen LogP) is 2.13. The number of hydrogen-bond acceptors (Lipinski definition) is 4. The quantitative estimate of drug-likeness (QED) is 0.510. The van der Waals surface area contributed by atoms with E-state index >= 15 is 0 Å². The van der Waals surface area contributed by atoms with Crippen LogP contribution in [0.15, 0.2) is 0 Å². The topological polar surface area (TPSA) is 52.6 Å². The van der Waals surface area contributed by atoms with Crippen LogP contribution in [0.2, 0.25) is 0 Å². The summed E-state index contributed by atoms with van der Waals surface area (Å²) in [5.41, 5.74) is 0. The van der Waals surface area contributed by atoms with Crippen LogP contribution in [0.5, 0.6) is 0 Å². The maximum Gasteiger partial charge on any atom is 0.306 e. The van der Waals surface area contributed by atoms with Crippen LogP contribution in [-0.2, 0) is 18.6 Å². The van der Waals surface area contributed by atoms with Crippen molar-refractivity contribution in [3.05, 3.63) is 0 Å². The van der Waals surface area contributed by atoms with Gasteiger partial charge < -0.3 is 9.26 Å². The minimum atomic E-state index is -2.61. The maximum absolute atomic E-state index is 11.7. The van der Waals surface area contributed by atoms with Gasteiger partial charge in [-0.05, 0) is 5.92 Å². The molecule has 0 saturated carbocycles. The highest BCUT2D eigenvalue weighted by Gasteiger charge is 2.18. The van der Waals surface area contributed by atoms with Crippen LogP contribution in [0.25, 0.3) is 0 Å². The summed E-state index contributed by atoms with van der Waals surface area (Å²) in [6, 6.07) is 0. The largest absolute Gasteiger partial charge is 0.469 e. The number of hydrogen-bond donors (Lipinski definition) is 0. The number of carbonyl (C=O) groups excluding carboxylic acids is 1. The van der Waals surface area contributed by atoms with Crippen LogP contribution in [0.4, 0.5) is 0 Å². The molecule has 5 heteroatoms. The Bertz CT molecular complexity index is 225. The molecule has 84 valence electrons. The Morgan fingerprint density at radius 1 is 1.43 bits per heavy atom. The first-order valence-corrected chi connectivity index (χ1v) is 6.91. The summed E-state index contributed by atoms with van der Waals surface area (Å²) < 4.78 is 21.4. The molecular formula is C9H19O4P. The minimum absolute atomic E-state index is 0.155.